The predicted molar refractivity (Wildman–Crippen MR) is 132 cm³/mol. The van der Waals surface area contributed by atoms with Crippen molar-refractivity contribution in [3.05, 3.63) is 65.0 Å². The number of benzene rings is 2. The average molecular weight is 512 g/mol. The van der Waals surface area contributed by atoms with Gasteiger partial charge in [-0.25, -0.2) is 4.79 Å². The Morgan fingerprint density at radius 3 is 2.30 bits per heavy atom. The first-order valence-electron chi connectivity index (χ1n) is 11.4. The van der Waals surface area contributed by atoms with E-state index in [0.717, 1.165) is 5.56 Å². The van der Waals surface area contributed by atoms with Crippen molar-refractivity contribution in [1.82, 2.24) is 26.0 Å². The Morgan fingerprint density at radius 2 is 1.65 bits per heavy atom. The van der Waals surface area contributed by atoms with Crippen LogP contribution in [0.25, 0.3) is 0 Å². The molecule has 4 N–H and O–H groups in total. The van der Waals surface area contributed by atoms with Crippen LogP contribution in [0.4, 0.5) is 0 Å². The molecule has 0 saturated heterocycles. The molecule has 3 aromatic rings. The number of hydrogen-bond acceptors (Lipinski definition) is 8. The van der Waals surface area contributed by atoms with Crippen molar-refractivity contribution < 1.29 is 33.7 Å². The van der Waals surface area contributed by atoms with Crippen LogP contribution in [0.1, 0.15) is 38.5 Å². The summed E-state index contributed by atoms with van der Waals surface area (Å²) < 4.78 is 15.9. The van der Waals surface area contributed by atoms with Crippen molar-refractivity contribution in [1.29, 1.82) is 0 Å². The minimum atomic E-state index is -1.15. The molecule has 2 amide bonds. The molecule has 0 fully saturated rings. The summed E-state index contributed by atoms with van der Waals surface area (Å²) in [4.78, 5) is 37.2. The van der Waals surface area contributed by atoms with Gasteiger partial charge in [0.1, 0.15) is 6.04 Å². The molecular formula is C25H29N5O7. The van der Waals surface area contributed by atoms with E-state index in [1.165, 1.54) is 21.3 Å². The van der Waals surface area contributed by atoms with Crippen molar-refractivity contribution in [3.63, 3.8) is 0 Å². The fourth-order valence-electron chi connectivity index (χ4n) is 3.72. The molecular weight excluding hydrogens is 482 g/mol. The lowest BCUT2D eigenvalue weighted by Crippen LogP contribution is -2.41. The zero-order valence-corrected chi connectivity index (χ0v) is 20.7. The highest BCUT2D eigenvalue weighted by Crippen LogP contribution is 2.39. The molecule has 0 aliphatic carbocycles. The highest BCUT2D eigenvalue weighted by molar-refractivity contribution is 5.98. The lowest BCUT2D eigenvalue weighted by Gasteiger charge is -2.15. The topological polar surface area (TPSA) is 165 Å². The summed E-state index contributed by atoms with van der Waals surface area (Å²) >= 11 is 0. The van der Waals surface area contributed by atoms with Crippen molar-refractivity contribution in [2.45, 2.75) is 25.3 Å². The highest BCUT2D eigenvalue weighted by atomic mass is 16.5. The third-order valence-corrected chi connectivity index (χ3v) is 5.60. The number of carboxylic acid groups (broad SMARTS) is 1. The number of H-pyrrole nitrogens is 1. The van der Waals surface area contributed by atoms with E-state index in [1.54, 1.807) is 12.1 Å². The number of aryl methyl sites for hydroxylation is 1. The van der Waals surface area contributed by atoms with Crippen molar-refractivity contribution in [2.75, 3.05) is 27.9 Å². The maximum atomic E-state index is 12.8. The van der Waals surface area contributed by atoms with Crippen molar-refractivity contribution in [2.24, 2.45) is 0 Å². The number of carboxylic acids is 1. The van der Waals surface area contributed by atoms with Gasteiger partial charge in [-0.3, -0.25) is 9.59 Å². The van der Waals surface area contributed by atoms with Crippen LogP contribution < -0.4 is 24.8 Å². The number of carbonyl (C=O) groups is 3. The molecule has 1 aromatic heterocycles. The van der Waals surface area contributed by atoms with Crippen LogP contribution in [0.2, 0.25) is 0 Å². The number of aromatic nitrogens is 3. The Morgan fingerprint density at radius 1 is 0.919 bits per heavy atom. The smallest absolute Gasteiger partial charge is 0.326 e. The number of methoxy groups -OCH3 is 3. The molecule has 37 heavy (non-hydrogen) atoms. The Kier molecular flexibility index (Phi) is 9.41. The molecule has 0 bridgehead atoms. The van der Waals surface area contributed by atoms with Crippen LogP contribution in [-0.2, 0) is 17.6 Å². The van der Waals surface area contributed by atoms with Gasteiger partial charge in [0.05, 0.1) is 32.6 Å². The number of amides is 2. The van der Waals surface area contributed by atoms with Crippen molar-refractivity contribution in [3.8, 4) is 17.2 Å². The van der Waals surface area contributed by atoms with Gasteiger partial charge in [-0.1, -0.05) is 30.3 Å². The van der Waals surface area contributed by atoms with Crippen LogP contribution in [0, 0.1) is 0 Å². The Labute approximate surface area is 213 Å². The Hall–Kier alpha value is -4.61. The molecule has 12 nitrogen and oxygen atoms in total. The number of rotatable bonds is 13. The zero-order valence-electron chi connectivity index (χ0n) is 20.7. The summed E-state index contributed by atoms with van der Waals surface area (Å²) in [6, 6.07) is 11.4. The highest BCUT2D eigenvalue weighted by Gasteiger charge is 2.25. The average Bonchev–Trinajstić information content (AvgIpc) is 3.38. The van der Waals surface area contributed by atoms with Crippen molar-refractivity contribution >= 4 is 17.8 Å². The van der Waals surface area contributed by atoms with Gasteiger partial charge >= 0.3 is 5.97 Å². The molecule has 0 spiro atoms. The van der Waals surface area contributed by atoms with Crippen LogP contribution in [-0.4, -0.2) is 72.2 Å². The maximum absolute atomic E-state index is 12.8. The Bertz CT molecular complexity index is 1230. The molecule has 3 rings (SSSR count). The summed E-state index contributed by atoms with van der Waals surface area (Å²) in [5.74, 6) is -1.33. The van der Waals surface area contributed by atoms with E-state index in [1.807, 2.05) is 30.3 Å². The first-order valence-corrected chi connectivity index (χ1v) is 11.4. The van der Waals surface area contributed by atoms with Crippen LogP contribution >= 0.6 is 0 Å². The minimum Gasteiger partial charge on any atom is -0.493 e. The SMILES string of the molecule is COc1ccc(C(=O)NCCc2n[nH]nc2C(=O)N[C@@H](CCc2ccccc2)C(=O)O)c(OC)c1OC. The normalized spacial score (nSPS) is 11.3. The van der Waals surface area contributed by atoms with E-state index < -0.39 is 23.8 Å². The summed E-state index contributed by atoms with van der Waals surface area (Å²) in [5, 5.41) is 25.0. The third kappa shape index (κ3) is 6.75. The number of aliphatic carboxylic acids is 1. The quantitative estimate of drug-likeness (QED) is 0.267. The number of nitrogens with one attached hydrogen (secondary N) is 3. The summed E-state index contributed by atoms with van der Waals surface area (Å²) in [5.41, 5.74) is 1.45. The summed E-state index contributed by atoms with van der Waals surface area (Å²) in [6.45, 7) is 0.125. The molecule has 0 aliphatic heterocycles. The van der Waals surface area contributed by atoms with Gasteiger partial charge in [0.15, 0.2) is 17.2 Å². The summed E-state index contributed by atoms with van der Waals surface area (Å²) in [6.07, 6.45) is 0.860. The summed E-state index contributed by atoms with van der Waals surface area (Å²) in [7, 11) is 4.33. The first-order chi connectivity index (χ1) is 17.9. The van der Waals surface area contributed by atoms with Gasteiger partial charge in [-0.15, -0.1) is 0 Å². The molecule has 1 heterocycles. The van der Waals surface area contributed by atoms with E-state index in [4.69, 9.17) is 14.2 Å². The molecule has 2 aromatic carbocycles. The van der Waals surface area contributed by atoms with Crippen LogP contribution in [0.15, 0.2) is 42.5 Å². The number of carbonyl (C=O) groups excluding carboxylic acids is 2. The monoisotopic (exact) mass is 511 g/mol. The fraction of sp³-hybridized carbons (Fsp3) is 0.320. The number of nitrogens with zero attached hydrogens (tertiary/aromatic N) is 2. The number of hydrogen-bond donors (Lipinski definition) is 4. The molecule has 196 valence electrons. The first kappa shape index (κ1) is 27.0. The molecule has 0 saturated carbocycles. The van der Waals surface area contributed by atoms with E-state index >= 15 is 0 Å². The third-order valence-electron chi connectivity index (χ3n) is 5.60. The van der Waals surface area contributed by atoms with Gasteiger partial charge in [0, 0.05) is 13.0 Å². The van der Waals surface area contributed by atoms with Crippen LogP contribution in [0.3, 0.4) is 0 Å². The van der Waals surface area contributed by atoms with E-state index in [2.05, 4.69) is 26.0 Å². The van der Waals surface area contributed by atoms with Gasteiger partial charge in [-0.2, -0.15) is 15.4 Å². The Balaban J connectivity index is 1.61. The molecule has 1 atom stereocenters. The molecule has 12 heteroatoms. The van der Waals surface area contributed by atoms with Gasteiger partial charge in [0.2, 0.25) is 5.75 Å². The van der Waals surface area contributed by atoms with Gasteiger partial charge in [-0.05, 0) is 30.5 Å². The second-order valence-electron chi connectivity index (χ2n) is 7.90. The largest absolute Gasteiger partial charge is 0.493 e. The van der Waals surface area contributed by atoms with E-state index in [9.17, 15) is 19.5 Å². The number of aromatic amines is 1. The molecule has 0 radical (unpaired) electrons. The van der Waals surface area contributed by atoms with Gasteiger partial charge < -0.3 is 30.0 Å². The standard InChI is InChI=1S/C25H29N5O7/c1-35-19-12-10-16(21(36-2)22(19)37-3)23(31)26-14-13-17-20(29-30-28-17)24(32)27-18(25(33)34)11-9-15-7-5-4-6-8-15/h4-8,10,12,18H,9,11,13-14H2,1-3H3,(H,26,31)(H,27,32)(H,33,34)(H,28,29,30)/t18-/m0/s1. The lowest BCUT2D eigenvalue weighted by molar-refractivity contribution is -0.139. The van der Waals surface area contributed by atoms with Gasteiger partial charge in [0.25, 0.3) is 11.8 Å². The fourth-order valence-corrected chi connectivity index (χ4v) is 3.72. The maximum Gasteiger partial charge on any atom is 0.326 e. The molecule has 0 aliphatic rings. The second-order valence-corrected chi connectivity index (χ2v) is 7.90. The van der Waals surface area contributed by atoms with E-state index in [-0.39, 0.29) is 47.8 Å². The lowest BCUT2D eigenvalue weighted by atomic mass is 10.0. The molecule has 0 unspecified atom stereocenters. The second kappa shape index (κ2) is 12.9. The zero-order chi connectivity index (χ0) is 26.8. The minimum absolute atomic E-state index is 0.0380. The van der Waals surface area contributed by atoms with E-state index in [0.29, 0.717) is 12.2 Å². The van der Waals surface area contributed by atoms with Crippen LogP contribution in [0.5, 0.6) is 17.2 Å². The number of ether oxygens (including phenoxy) is 3. The predicted octanol–water partition coefficient (Wildman–Crippen LogP) is 1.62.